The number of aliphatic hydroxyl groups is 1. The van der Waals surface area contributed by atoms with E-state index in [1.54, 1.807) is 6.92 Å². The second-order valence-corrected chi connectivity index (χ2v) is 5.26. The first kappa shape index (κ1) is 14.7. The molecule has 100 valence electrons. The number of carboxylic acids is 1. The molecule has 0 spiro atoms. The lowest BCUT2D eigenvalue weighted by atomic mass is 9.76. The Balaban J connectivity index is 3.13. The van der Waals surface area contributed by atoms with Crippen LogP contribution in [-0.2, 0) is 16.8 Å². The molecule has 0 amide bonds. The second-order valence-electron chi connectivity index (χ2n) is 5.26. The number of hydrogen-bond acceptors (Lipinski definition) is 2. The number of carbonyl (C=O) groups is 1. The van der Waals surface area contributed by atoms with Crippen molar-refractivity contribution in [2.45, 2.75) is 39.7 Å². The largest absolute Gasteiger partial charge is 0.481 e. The molecule has 18 heavy (non-hydrogen) atoms. The van der Waals surface area contributed by atoms with Crippen LogP contribution in [0.3, 0.4) is 0 Å². The zero-order chi connectivity index (χ0) is 13.9. The van der Waals surface area contributed by atoms with Crippen molar-refractivity contribution in [1.82, 2.24) is 0 Å². The molecule has 0 aliphatic rings. The summed E-state index contributed by atoms with van der Waals surface area (Å²) < 4.78 is 0. The third kappa shape index (κ3) is 2.91. The van der Waals surface area contributed by atoms with Crippen molar-refractivity contribution in [3.05, 3.63) is 35.4 Å². The van der Waals surface area contributed by atoms with Gasteiger partial charge in [0.2, 0.25) is 0 Å². The fourth-order valence-corrected chi connectivity index (χ4v) is 2.43. The molecule has 0 aromatic heterocycles. The van der Waals surface area contributed by atoms with Crippen molar-refractivity contribution >= 4 is 5.97 Å². The molecule has 0 aliphatic heterocycles. The number of benzene rings is 1. The van der Waals surface area contributed by atoms with Crippen LogP contribution in [0.1, 0.15) is 38.8 Å². The van der Waals surface area contributed by atoms with Crippen LogP contribution in [0, 0.1) is 11.8 Å². The zero-order valence-electron chi connectivity index (χ0n) is 11.5. The minimum atomic E-state index is -1.35. The molecule has 0 aliphatic carbocycles. The molecule has 1 aromatic rings. The molecular formula is C15H22O3. The smallest absolute Gasteiger partial charge is 0.310 e. The van der Waals surface area contributed by atoms with Gasteiger partial charge in [-0.15, -0.1) is 0 Å². The van der Waals surface area contributed by atoms with Crippen molar-refractivity contribution in [2.75, 3.05) is 0 Å². The van der Waals surface area contributed by atoms with Crippen LogP contribution < -0.4 is 0 Å². The third-order valence-corrected chi connectivity index (χ3v) is 3.48. The first-order valence-electron chi connectivity index (χ1n) is 6.35. The fraction of sp³-hybridized carbons (Fsp3) is 0.533. The molecule has 3 nitrogen and oxygen atoms in total. The summed E-state index contributed by atoms with van der Waals surface area (Å²) in [7, 11) is 0. The van der Waals surface area contributed by atoms with Gasteiger partial charge in [-0.3, -0.25) is 4.79 Å². The van der Waals surface area contributed by atoms with E-state index in [1.165, 1.54) is 5.56 Å². The third-order valence-electron chi connectivity index (χ3n) is 3.48. The minimum Gasteiger partial charge on any atom is -0.481 e. The Morgan fingerprint density at radius 3 is 2.11 bits per heavy atom. The predicted octanol–water partition coefficient (Wildman–Crippen LogP) is 2.81. The topological polar surface area (TPSA) is 57.5 Å². The van der Waals surface area contributed by atoms with E-state index in [0.717, 1.165) is 6.42 Å². The van der Waals surface area contributed by atoms with Crippen LogP contribution in [0.4, 0.5) is 0 Å². The molecule has 0 bridgehead atoms. The summed E-state index contributed by atoms with van der Waals surface area (Å²) >= 11 is 0. The van der Waals surface area contributed by atoms with Gasteiger partial charge in [0.15, 0.2) is 0 Å². The van der Waals surface area contributed by atoms with Crippen molar-refractivity contribution in [1.29, 1.82) is 0 Å². The summed E-state index contributed by atoms with van der Waals surface area (Å²) in [4.78, 5) is 11.3. The lowest BCUT2D eigenvalue weighted by Crippen LogP contribution is -2.40. The molecule has 1 rings (SSSR count). The maximum Gasteiger partial charge on any atom is 0.310 e. The zero-order valence-corrected chi connectivity index (χ0v) is 11.5. The minimum absolute atomic E-state index is 0.136. The molecule has 2 atom stereocenters. The van der Waals surface area contributed by atoms with Gasteiger partial charge in [0, 0.05) is 0 Å². The van der Waals surface area contributed by atoms with Crippen LogP contribution in [0.25, 0.3) is 0 Å². The maximum atomic E-state index is 11.3. The lowest BCUT2D eigenvalue weighted by molar-refractivity contribution is -0.155. The SMILES string of the molecule is CCc1ccc(C(C)(O)C(C(=O)O)C(C)C)cc1. The molecule has 2 N–H and O–H groups in total. The summed E-state index contributed by atoms with van der Waals surface area (Å²) in [5.74, 6) is -1.91. The van der Waals surface area contributed by atoms with Crippen LogP contribution >= 0.6 is 0 Å². The van der Waals surface area contributed by atoms with Crippen molar-refractivity contribution in [2.24, 2.45) is 11.8 Å². The Bertz CT molecular complexity index is 404. The highest BCUT2D eigenvalue weighted by Crippen LogP contribution is 2.34. The van der Waals surface area contributed by atoms with Gasteiger partial charge < -0.3 is 10.2 Å². The van der Waals surface area contributed by atoms with Gasteiger partial charge in [-0.05, 0) is 30.4 Å². The molecule has 0 fully saturated rings. The Kier molecular flexibility index (Phi) is 4.52. The van der Waals surface area contributed by atoms with E-state index in [1.807, 2.05) is 38.1 Å². The van der Waals surface area contributed by atoms with E-state index in [4.69, 9.17) is 0 Å². The van der Waals surface area contributed by atoms with Crippen LogP contribution in [0.15, 0.2) is 24.3 Å². The van der Waals surface area contributed by atoms with Crippen LogP contribution in [0.2, 0.25) is 0 Å². The first-order chi connectivity index (χ1) is 8.30. The summed E-state index contributed by atoms with van der Waals surface area (Å²) in [6.07, 6.45) is 0.926. The number of rotatable bonds is 5. The quantitative estimate of drug-likeness (QED) is 0.844. The number of aryl methyl sites for hydroxylation is 1. The normalized spacial score (nSPS) is 16.3. The average molecular weight is 250 g/mol. The van der Waals surface area contributed by atoms with Gasteiger partial charge in [0.05, 0.1) is 5.92 Å². The summed E-state index contributed by atoms with van der Waals surface area (Å²) in [6, 6.07) is 7.50. The van der Waals surface area contributed by atoms with Gasteiger partial charge in [0.25, 0.3) is 0 Å². The van der Waals surface area contributed by atoms with E-state index in [-0.39, 0.29) is 5.92 Å². The highest BCUT2D eigenvalue weighted by molar-refractivity contribution is 5.72. The van der Waals surface area contributed by atoms with E-state index in [2.05, 4.69) is 6.92 Å². The molecular weight excluding hydrogens is 228 g/mol. The molecule has 3 heteroatoms. The summed E-state index contributed by atoms with van der Waals surface area (Å²) in [6.45, 7) is 7.26. The summed E-state index contributed by atoms with van der Waals surface area (Å²) in [5.41, 5.74) is 0.471. The van der Waals surface area contributed by atoms with E-state index >= 15 is 0 Å². The predicted molar refractivity (Wildman–Crippen MR) is 71.4 cm³/mol. The van der Waals surface area contributed by atoms with Gasteiger partial charge in [-0.1, -0.05) is 45.0 Å². The molecule has 0 saturated heterocycles. The standard InChI is InChI=1S/C15H22O3/c1-5-11-6-8-12(9-7-11)15(4,18)13(10(2)3)14(16)17/h6-10,13,18H,5H2,1-4H3,(H,16,17). The number of aliphatic carboxylic acids is 1. The number of carboxylic acid groups (broad SMARTS) is 1. The molecule has 0 saturated carbocycles. The molecule has 0 heterocycles. The van der Waals surface area contributed by atoms with Gasteiger partial charge in [-0.2, -0.15) is 0 Å². The summed E-state index contributed by atoms with van der Waals surface area (Å²) in [5, 5.41) is 19.9. The van der Waals surface area contributed by atoms with Crippen molar-refractivity contribution < 1.29 is 15.0 Å². The first-order valence-corrected chi connectivity index (χ1v) is 6.35. The molecule has 0 radical (unpaired) electrons. The monoisotopic (exact) mass is 250 g/mol. The van der Waals surface area contributed by atoms with Crippen molar-refractivity contribution in [3.63, 3.8) is 0 Å². The Morgan fingerprint density at radius 2 is 1.78 bits per heavy atom. The van der Waals surface area contributed by atoms with Crippen molar-refractivity contribution in [3.8, 4) is 0 Å². The van der Waals surface area contributed by atoms with Gasteiger partial charge in [-0.25, -0.2) is 0 Å². The van der Waals surface area contributed by atoms with Gasteiger partial charge in [0.1, 0.15) is 5.60 Å². The fourth-order valence-electron chi connectivity index (χ4n) is 2.43. The highest BCUT2D eigenvalue weighted by atomic mass is 16.4. The van der Waals surface area contributed by atoms with E-state index in [9.17, 15) is 15.0 Å². The Labute approximate surface area is 108 Å². The number of hydrogen-bond donors (Lipinski definition) is 2. The molecule has 1 aromatic carbocycles. The highest BCUT2D eigenvalue weighted by Gasteiger charge is 2.40. The maximum absolute atomic E-state index is 11.3. The van der Waals surface area contributed by atoms with Crippen LogP contribution in [-0.4, -0.2) is 16.2 Å². The lowest BCUT2D eigenvalue weighted by Gasteiger charge is -2.33. The van der Waals surface area contributed by atoms with Gasteiger partial charge >= 0.3 is 5.97 Å². The Hall–Kier alpha value is -1.35. The van der Waals surface area contributed by atoms with Crippen LogP contribution in [0.5, 0.6) is 0 Å². The molecule has 2 unspecified atom stereocenters. The average Bonchev–Trinajstić information content (AvgIpc) is 2.27. The van der Waals surface area contributed by atoms with E-state index < -0.39 is 17.5 Å². The van der Waals surface area contributed by atoms with E-state index in [0.29, 0.717) is 5.56 Å². The Morgan fingerprint density at radius 1 is 1.28 bits per heavy atom. The second kappa shape index (κ2) is 5.53.